The third kappa shape index (κ3) is 3.90. The molecule has 0 atom stereocenters. The van der Waals surface area contributed by atoms with E-state index >= 15 is 0 Å². The zero-order valence-corrected chi connectivity index (χ0v) is 14.6. The molecule has 27 heavy (non-hydrogen) atoms. The molecule has 0 bridgehead atoms. The Kier molecular flexibility index (Phi) is 5.08. The van der Waals surface area contributed by atoms with E-state index in [1.54, 1.807) is 5.38 Å². The molecule has 1 aromatic heterocycles. The molecule has 0 unspecified atom stereocenters. The number of carbonyl (C=O) groups is 1. The van der Waals surface area contributed by atoms with Gasteiger partial charge in [-0.3, -0.25) is 20.2 Å². The molecule has 0 aliphatic carbocycles. The van der Waals surface area contributed by atoms with Crippen LogP contribution >= 0.6 is 11.3 Å². The summed E-state index contributed by atoms with van der Waals surface area (Å²) in [5.74, 6) is -2.54. The van der Waals surface area contributed by atoms with Gasteiger partial charge in [-0.15, -0.1) is 11.3 Å². The van der Waals surface area contributed by atoms with Crippen molar-refractivity contribution in [2.75, 3.05) is 17.7 Å². The molecule has 0 aliphatic rings. The average molecular weight is 390 g/mol. The van der Waals surface area contributed by atoms with Crippen molar-refractivity contribution in [3.8, 4) is 11.3 Å². The second-order valence-corrected chi connectivity index (χ2v) is 6.22. The summed E-state index contributed by atoms with van der Waals surface area (Å²) in [6.07, 6.45) is 0. The maximum atomic E-state index is 13.3. The van der Waals surface area contributed by atoms with Gasteiger partial charge in [-0.25, -0.2) is 13.8 Å². The fourth-order valence-electron chi connectivity index (χ4n) is 2.32. The van der Waals surface area contributed by atoms with Gasteiger partial charge in [-0.05, 0) is 30.3 Å². The minimum atomic E-state index is -0.997. The van der Waals surface area contributed by atoms with Crippen LogP contribution in [-0.4, -0.2) is 22.9 Å². The second-order valence-electron chi connectivity index (χ2n) is 5.36. The van der Waals surface area contributed by atoms with Crippen LogP contribution in [0.25, 0.3) is 11.3 Å². The summed E-state index contributed by atoms with van der Waals surface area (Å²) in [5, 5.41) is 18.1. The van der Waals surface area contributed by atoms with Crippen molar-refractivity contribution < 1.29 is 18.5 Å². The van der Waals surface area contributed by atoms with Gasteiger partial charge in [0.15, 0.2) is 16.8 Å². The van der Waals surface area contributed by atoms with E-state index in [-0.39, 0.29) is 22.1 Å². The molecule has 0 aliphatic heterocycles. The summed E-state index contributed by atoms with van der Waals surface area (Å²) in [4.78, 5) is 27.0. The van der Waals surface area contributed by atoms with Crippen molar-refractivity contribution in [2.45, 2.75) is 0 Å². The topological polar surface area (TPSA) is 97.2 Å². The summed E-state index contributed by atoms with van der Waals surface area (Å²) in [5.41, 5.74) is 0.869. The number of thiazole rings is 1. The molecule has 0 fully saturated rings. The number of hydrogen-bond donors (Lipinski definition) is 2. The molecule has 0 radical (unpaired) electrons. The first-order valence-corrected chi connectivity index (χ1v) is 8.45. The SMILES string of the molecule is CNc1ccc(C(=O)Nc2nc(-c3ccc(F)c(F)c3)cs2)cc1[N+](=O)[O-]. The summed E-state index contributed by atoms with van der Waals surface area (Å²) in [7, 11) is 1.54. The Labute approximate surface area is 155 Å². The predicted octanol–water partition coefficient (Wildman–Crippen LogP) is 4.29. The van der Waals surface area contributed by atoms with E-state index in [4.69, 9.17) is 0 Å². The van der Waals surface area contributed by atoms with Crippen LogP contribution in [0.3, 0.4) is 0 Å². The number of nitrogens with one attached hydrogen (secondary N) is 2. The van der Waals surface area contributed by atoms with Crippen molar-refractivity contribution in [1.29, 1.82) is 0 Å². The molecule has 138 valence electrons. The lowest BCUT2D eigenvalue weighted by atomic mass is 10.1. The van der Waals surface area contributed by atoms with Gasteiger partial charge in [-0.2, -0.15) is 0 Å². The fourth-order valence-corrected chi connectivity index (χ4v) is 3.04. The molecule has 3 rings (SSSR count). The maximum Gasteiger partial charge on any atom is 0.293 e. The van der Waals surface area contributed by atoms with Crippen molar-refractivity contribution in [1.82, 2.24) is 4.98 Å². The number of carbonyl (C=O) groups excluding carboxylic acids is 1. The molecule has 2 N–H and O–H groups in total. The lowest BCUT2D eigenvalue weighted by Crippen LogP contribution is -2.12. The number of nitro benzene ring substituents is 1. The van der Waals surface area contributed by atoms with Crippen molar-refractivity contribution >= 4 is 33.8 Å². The van der Waals surface area contributed by atoms with E-state index in [2.05, 4.69) is 15.6 Å². The molecule has 3 aromatic rings. The largest absolute Gasteiger partial charge is 0.383 e. The average Bonchev–Trinajstić information content (AvgIpc) is 3.11. The van der Waals surface area contributed by atoms with Crippen molar-refractivity contribution in [3.63, 3.8) is 0 Å². The first-order valence-electron chi connectivity index (χ1n) is 7.57. The lowest BCUT2D eigenvalue weighted by molar-refractivity contribution is -0.384. The van der Waals surface area contributed by atoms with Crippen LogP contribution in [0.5, 0.6) is 0 Å². The summed E-state index contributed by atoms with van der Waals surface area (Å²) in [6, 6.07) is 7.41. The van der Waals surface area contributed by atoms with Gasteiger partial charge in [0.1, 0.15) is 5.69 Å². The summed E-state index contributed by atoms with van der Waals surface area (Å²) < 4.78 is 26.4. The lowest BCUT2D eigenvalue weighted by Gasteiger charge is -2.05. The van der Waals surface area contributed by atoms with E-state index < -0.39 is 22.5 Å². The smallest absolute Gasteiger partial charge is 0.293 e. The van der Waals surface area contributed by atoms with Gasteiger partial charge < -0.3 is 5.32 Å². The Balaban J connectivity index is 1.81. The van der Waals surface area contributed by atoms with Gasteiger partial charge >= 0.3 is 0 Å². The molecule has 0 saturated carbocycles. The van der Waals surface area contributed by atoms with Crippen molar-refractivity contribution in [2.24, 2.45) is 0 Å². The minimum Gasteiger partial charge on any atom is -0.383 e. The first-order chi connectivity index (χ1) is 12.9. The monoisotopic (exact) mass is 390 g/mol. The van der Waals surface area contributed by atoms with Crippen LogP contribution in [0.1, 0.15) is 10.4 Å². The number of nitrogens with zero attached hydrogens (tertiary/aromatic N) is 2. The van der Waals surface area contributed by atoms with Gasteiger partial charge in [0.2, 0.25) is 0 Å². The van der Waals surface area contributed by atoms with E-state index in [0.717, 1.165) is 29.5 Å². The Morgan fingerprint density at radius 3 is 2.63 bits per heavy atom. The Morgan fingerprint density at radius 2 is 1.96 bits per heavy atom. The molecule has 7 nitrogen and oxygen atoms in total. The molecule has 0 saturated heterocycles. The normalized spacial score (nSPS) is 10.5. The number of nitro groups is 1. The van der Waals surface area contributed by atoms with Gasteiger partial charge in [0, 0.05) is 29.6 Å². The standard InChI is InChI=1S/C17H12F2N4O3S/c1-20-13-5-3-10(7-15(13)23(25)26)16(24)22-17-21-14(8-27-17)9-2-4-11(18)12(19)6-9/h2-8,20H,1H3,(H,21,22,24). The van der Waals surface area contributed by atoms with Crippen LogP contribution < -0.4 is 10.6 Å². The van der Waals surface area contributed by atoms with Gasteiger partial charge in [0.25, 0.3) is 11.6 Å². The Hall–Kier alpha value is -3.40. The zero-order chi connectivity index (χ0) is 19.6. The number of benzene rings is 2. The van der Waals surface area contributed by atoms with Crippen LogP contribution in [0.15, 0.2) is 41.8 Å². The molecular formula is C17H12F2N4O3S. The highest BCUT2D eigenvalue weighted by atomic mass is 32.1. The van der Waals surface area contributed by atoms with Gasteiger partial charge in [0.05, 0.1) is 10.6 Å². The van der Waals surface area contributed by atoms with Crippen LogP contribution in [0.2, 0.25) is 0 Å². The molecule has 1 amide bonds. The summed E-state index contributed by atoms with van der Waals surface area (Å²) in [6.45, 7) is 0. The second kappa shape index (κ2) is 7.46. The maximum absolute atomic E-state index is 13.3. The number of halogens is 2. The number of hydrogen-bond acceptors (Lipinski definition) is 6. The van der Waals surface area contributed by atoms with E-state index in [1.807, 2.05) is 0 Å². The number of aromatic nitrogens is 1. The highest BCUT2D eigenvalue weighted by molar-refractivity contribution is 7.14. The highest BCUT2D eigenvalue weighted by Gasteiger charge is 2.18. The Morgan fingerprint density at radius 1 is 1.19 bits per heavy atom. The third-order valence-electron chi connectivity index (χ3n) is 3.67. The van der Waals surface area contributed by atoms with Crippen LogP contribution in [0.4, 0.5) is 25.3 Å². The molecule has 2 aromatic carbocycles. The van der Waals surface area contributed by atoms with E-state index in [0.29, 0.717) is 11.3 Å². The number of anilines is 2. The zero-order valence-electron chi connectivity index (χ0n) is 13.8. The van der Waals surface area contributed by atoms with E-state index in [1.165, 1.54) is 25.2 Å². The van der Waals surface area contributed by atoms with Crippen LogP contribution in [-0.2, 0) is 0 Å². The first kappa shape index (κ1) is 18.4. The summed E-state index contributed by atoms with van der Waals surface area (Å²) >= 11 is 1.09. The highest BCUT2D eigenvalue weighted by Crippen LogP contribution is 2.28. The van der Waals surface area contributed by atoms with Crippen LogP contribution in [0, 0.1) is 21.7 Å². The quantitative estimate of drug-likeness (QED) is 0.500. The molecule has 10 heteroatoms. The Bertz CT molecular complexity index is 1040. The minimum absolute atomic E-state index is 0.0882. The fraction of sp³-hybridized carbons (Fsp3) is 0.0588. The molecule has 1 heterocycles. The number of amides is 1. The third-order valence-corrected chi connectivity index (χ3v) is 4.42. The van der Waals surface area contributed by atoms with Gasteiger partial charge in [-0.1, -0.05) is 0 Å². The van der Waals surface area contributed by atoms with Crippen molar-refractivity contribution in [3.05, 3.63) is 69.1 Å². The number of rotatable bonds is 5. The predicted molar refractivity (Wildman–Crippen MR) is 98.1 cm³/mol. The molecular weight excluding hydrogens is 378 g/mol. The molecule has 0 spiro atoms. The van der Waals surface area contributed by atoms with E-state index in [9.17, 15) is 23.7 Å².